The Hall–Kier alpha value is -6.46. The number of hydrogen-bond donors (Lipinski definition) is 0. The number of hydrogen-bond acceptors (Lipinski definition) is 5. The first kappa shape index (κ1) is 25.8. The molecule has 0 radical (unpaired) electrons. The first-order chi connectivity index (χ1) is 23.3. The van der Waals surface area contributed by atoms with Crippen LogP contribution in [0, 0.1) is 0 Å². The lowest BCUT2D eigenvalue weighted by Gasteiger charge is -2.14. The van der Waals surface area contributed by atoms with Crippen LogP contribution in [0.25, 0.3) is 99.2 Å². The van der Waals surface area contributed by atoms with E-state index in [2.05, 4.69) is 120 Å². The van der Waals surface area contributed by atoms with E-state index in [9.17, 15) is 0 Å². The van der Waals surface area contributed by atoms with Crippen molar-refractivity contribution in [2.45, 2.75) is 0 Å². The van der Waals surface area contributed by atoms with E-state index in [1.807, 2.05) is 24.4 Å². The quantitative estimate of drug-likeness (QED) is 0.189. The molecule has 0 saturated carbocycles. The highest BCUT2D eigenvalue weighted by molar-refractivity contribution is 6.23. The molecule has 3 heterocycles. The normalized spacial score (nSPS) is 11.8. The van der Waals surface area contributed by atoms with Crippen molar-refractivity contribution in [1.29, 1.82) is 0 Å². The fourth-order valence-electron chi connectivity index (χ4n) is 7.00. The molecular formula is C42H24N4O. The van der Waals surface area contributed by atoms with Crippen molar-refractivity contribution >= 4 is 65.0 Å². The van der Waals surface area contributed by atoms with Crippen LogP contribution in [0.15, 0.2) is 150 Å². The maximum absolute atomic E-state index is 6.22. The van der Waals surface area contributed by atoms with E-state index < -0.39 is 0 Å². The van der Waals surface area contributed by atoms with E-state index in [-0.39, 0.29) is 0 Å². The SMILES string of the molecule is c1ccc2cc(-c3nc(-c4cc5ccc6ccccc6c5c5ccccc45)nc(-c4cccc5oc6ccncc6c45)n3)ccc2c1. The van der Waals surface area contributed by atoms with Crippen molar-refractivity contribution in [2.24, 2.45) is 0 Å². The van der Waals surface area contributed by atoms with Crippen LogP contribution in [0.4, 0.5) is 0 Å². The van der Waals surface area contributed by atoms with Gasteiger partial charge in [0.25, 0.3) is 0 Å². The number of nitrogens with zero attached hydrogens (tertiary/aromatic N) is 4. The van der Waals surface area contributed by atoms with Gasteiger partial charge in [-0.1, -0.05) is 109 Å². The molecule has 0 N–H and O–H groups in total. The van der Waals surface area contributed by atoms with Crippen LogP contribution in [0.2, 0.25) is 0 Å². The van der Waals surface area contributed by atoms with Gasteiger partial charge < -0.3 is 4.42 Å². The lowest BCUT2D eigenvalue weighted by molar-refractivity contribution is 0.668. The minimum Gasteiger partial charge on any atom is -0.456 e. The molecule has 5 heteroatoms. The van der Waals surface area contributed by atoms with Crippen molar-refractivity contribution in [3.05, 3.63) is 146 Å². The highest BCUT2D eigenvalue weighted by atomic mass is 16.3. The first-order valence-electron chi connectivity index (χ1n) is 15.6. The molecule has 0 fully saturated rings. The van der Waals surface area contributed by atoms with Crippen LogP contribution in [0.1, 0.15) is 0 Å². The van der Waals surface area contributed by atoms with Gasteiger partial charge in [-0.05, 0) is 67.4 Å². The maximum atomic E-state index is 6.22. The number of aromatic nitrogens is 4. The molecule has 0 spiro atoms. The van der Waals surface area contributed by atoms with Crippen LogP contribution < -0.4 is 0 Å². The van der Waals surface area contributed by atoms with E-state index in [0.29, 0.717) is 17.5 Å². The fourth-order valence-corrected chi connectivity index (χ4v) is 7.00. The molecule has 0 amide bonds. The summed E-state index contributed by atoms with van der Waals surface area (Å²) in [6, 6.07) is 46.4. The summed E-state index contributed by atoms with van der Waals surface area (Å²) in [7, 11) is 0. The summed E-state index contributed by atoms with van der Waals surface area (Å²) >= 11 is 0. The fraction of sp³-hybridized carbons (Fsp3) is 0. The zero-order valence-corrected chi connectivity index (χ0v) is 25.1. The number of rotatable bonds is 3. The van der Waals surface area contributed by atoms with Crippen LogP contribution >= 0.6 is 0 Å². The Morgan fingerprint density at radius 3 is 2.00 bits per heavy atom. The molecule has 0 saturated heterocycles. The van der Waals surface area contributed by atoms with Gasteiger partial charge in [0.05, 0.1) is 0 Å². The Labute approximate surface area is 268 Å². The van der Waals surface area contributed by atoms with Gasteiger partial charge in [0.15, 0.2) is 17.5 Å². The van der Waals surface area contributed by atoms with Crippen LogP contribution in [-0.2, 0) is 0 Å². The minimum atomic E-state index is 0.581. The summed E-state index contributed by atoms with van der Waals surface area (Å²) in [6.45, 7) is 0. The van der Waals surface area contributed by atoms with Crippen molar-refractivity contribution in [3.63, 3.8) is 0 Å². The maximum Gasteiger partial charge on any atom is 0.164 e. The summed E-state index contributed by atoms with van der Waals surface area (Å²) in [5.74, 6) is 1.81. The summed E-state index contributed by atoms with van der Waals surface area (Å²) < 4.78 is 6.22. The third-order valence-corrected chi connectivity index (χ3v) is 9.17. The van der Waals surface area contributed by atoms with Gasteiger partial charge in [-0.3, -0.25) is 4.98 Å². The first-order valence-corrected chi connectivity index (χ1v) is 15.6. The zero-order valence-electron chi connectivity index (χ0n) is 25.1. The summed E-state index contributed by atoms with van der Waals surface area (Å²) in [5, 5.41) is 11.2. The topological polar surface area (TPSA) is 64.7 Å². The summed E-state index contributed by atoms with van der Waals surface area (Å²) in [5.41, 5.74) is 4.30. The Balaban J connectivity index is 1.30. The highest BCUT2D eigenvalue weighted by Gasteiger charge is 2.20. The van der Waals surface area contributed by atoms with Gasteiger partial charge in [-0.2, -0.15) is 0 Å². The van der Waals surface area contributed by atoms with E-state index in [1.54, 1.807) is 6.20 Å². The molecule has 0 unspecified atom stereocenters. The molecule has 0 atom stereocenters. The second-order valence-electron chi connectivity index (χ2n) is 11.9. The van der Waals surface area contributed by atoms with Crippen molar-refractivity contribution < 1.29 is 4.42 Å². The molecule has 5 nitrogen and oxygen atoms in total. The summed E-state index contributed by atoms with van der Waals surface area (Å²) in [6.07, 6.45) is 3.59. The monoisotopic (exact) mass is 600 g/mol. The Morgan fingerprint density at radius 2 is 1.11 bits per heavy atom. The van der Waals surface area contributed by atoms with Crippen LogP contribution in [0.3, 0.4) is 0 Å². The molecule has 218 valence electrons. The second kappa shape index (κ2) is 10.0. The van der Waals surface area contributed by atoms with Crippen molar-refractivity contribution in [2.75, 3.05) is 0 Å². The number of benzene rings is 7. The Morgan fingerprint density at radius 1 is 0.404 bits per heavy atom. The van der Waals surface area contributed by atoms with E-state index in [1.165, 1.54) is 26.9 Å². The third kappa shape index (κ3) is 4.03. The molecule has 0 aliphatic carbocycles. The Kier molecular flexibility index (Phi) is 5.51. The third-order valence-electron chi connectivity index (χ3n) is 9.17. The van der Waals surface area contributed by atoms with Gasteiger partial charge in [-0.25, -0.2) is 15.0 Å². The van der Waals surface area contributed by atoms with E-state index >= 15 is 0 Å². The second-order valence-corrected chi connectivity index (χ2v) is 11.9. The van der Waals surface area contributed by atoms with Gasteiger partial charge in [-0.15, -0.1) is 0 Å². The molecule has 47 heavy (non-hydrogen) atoms. The van der Waals surface area contributed by atoms with E-state index in [0.717, 1.165) is 54.8 Å². The predicted octanol–water partition coefficient (Wildman–Crippen LogP) is 10.8. The average molecular weight is 601 g/mol. The zero-order chi connectivity index (χ0) is 30.9. The van der Waals surface area contributed by atoms with Gasteiger partial charge in [0.1, 0.15) is 11.2 Å². The Bertz CT molecular complexity index is 2870. The average Bonchev–Trinajstić information content (AvgIpc) is 3.53. The van der Waals surface area contributed by atoms with Crippen molar-refractivity contribution in [1.82, 2.24) is 19.9 Å². The number of fused-ring (bicyclic) bond motifs is 9. The molecule has 0 aliphatic rings. The smallest absolute Gasteiger partial charge is 0.164 e. The van der Waals surface area contributed by atoms with Crippen LogP contribution in [0.5, 0.6) is 0 Å². The van der Waals surface area contributed by atoms with Gasteiger partial charge >= 0.3 is 0 Å². The molecule has 10 rings (SSSR count). The largest absolute Gasteiger partial charge is 0.456 e. The van der Waals surface area contributed by atoms with Crippen molar-refractivity contribution in [3.8, 4) is 34.2 Å². The molecule has 0 bridgehead atoms. The minimum absolute atomic E-state index is 0.581. The number of pyridine rings is 1. The lowest BCUT2D eigenvalue weighted by Crippen LogP contribution is -2.01. The molecule has 7 aromatic carbocycles. The standard InChI is InChI=1S/C42H24N4O/c1-2-10-27-22-29(19-16-25(27)8-1)40-44-41(33-14-7-15-37-39(33)35-24-43-21-20-36(35)47-37)46-42(45-40)34-23-28-18-17-26-9-3-4-11-30(26)38(28)32-13-6-5-12-31(32)34/h1-24H. The van der Waals surface area contributed by atoms with Gasteiger partial charge in [0.2, 0.25) is 0 Å². The van der Waals surface area contributed by atoms with Crippen LogP contribution in [-0.4, -0.2) is 19.9 Å². The molecule has 0 aliphatic heterocycles. The highest BCUT2D eigenvalue weighted by Crippen LogP contribution is 2.40. The number of furan rings is 1. The predicted molar refractivity (Wildman–Crippen MR) is 191 cm³/mol. The van der Waals surface area contributed by atoms with E-state index in [4.69, 9.17) is 19.4 Å². The van der Waals surface area contributed by atoms with Gasteiger partial charge in [0, 0.05) is 39.9 Å². The summed E-state index contributed by atoms with van der Waals surface area (Å²) in [4.78, 5) is 20.0. The molecule has 10 aromatic rings. The molecular weight excluding hydrogens is 576 g/mol. The lowest BCUT2D eigenvalue weighted by atomic mass is 9.93. The molecule has 3 aromatic heterocycles.